The number of methoxy groups -OCH3 is 1. The van der Waals surface area contributed by atoms with Gasteiger partial charge >= 0.3 is 17.8 Å². The number of esters is 1. The molecule has 0 unspecified atom stereocenters. The zero-order valence-corrected chi connectivity index (χ0v) is 23.3. The molecule has 0 bridgehead atoms. The Balaban J connectivity index is 1.35. The quantitative estimate of drug-likeness (QED) is 0.0854. The third-order valence-electron chi connectivity index (χ3n) is 5.79. The van der Waals surface area contributed by atoms with Gasteiger partial charge in [0.1, 0.15) is 0 Å². The molecular formula is C31H25ClN4O6. The van der Waals surface area contributed by atoms with Crippen molar-refractivity contribution in [2.24, 2.45) is 5.10 Å². The van der Waals surface area contributed by atoms with Gasteiger partial charge < -0.3 is 20.1 Å². The molecule has 0 aliphatic heterocycles. The lowest BCUT2D eigenvalue weighted by molar-refractivity contribution is -0.136. The van der Waals surface area contributed by atoms with E-state index in [-0.39, 0.29) is 22.7 Å². The van der Waals surface area contributed by atoms with Gasteiger partial charge in [0, 0.05) is 10.7 Å². The van der Waals surface area contributed by atoms with E-state index >= 15 is 0 Å². The minimum absolute atomic E-state index is 0.153. The van der Waals surface area contributed by atoms with Gasteiger partial charge in [-0.15, -0.1) is 0 Å². The van der Waals surface area contributed by atoms with E-state index in [0.29, 0.717) is 21.8 Å². The molecule has 11 heteroatoms. The number of nitrogens with one attached hydrogen (secondary N) is 3. The van der Waals surface area contributed by atoms with E-state index in [1.807, 2.05) is 19.1 Å². The Hall–Kier alpha value is -5.48. The van der Waals surface area contributed by atoms with Crippen molar-refractivity contribution < 1.29 is 28.7 Å². The first kappa shape index (κ1) is 29.5. The number of amides is 3. The summed E-state index contributed by atoms with van der Waals surface area (Å²) >= 11 is 5.86. The van der Waals surface area contributed by atoms with Gasteiger partial charge in [0.25, 0.3) is 5.91 Å². The third-order valence-corrected chi connectivity index (χ3v) is 6.04. The second kappa shape index (κ2) is 13.7. The largest absolute Gasteiger partial charge is 0.493 e. The zero-order chi connectivity index (χ0) is 30.1. The van der Waals surface area contributed by atoms with E-state index in [0.717, 1.165) is 5.56 Å². The molecule has 0 aliphatic rings. The lowest BCUT2D eigenvalue weighted by Gasteiger charge is -2.11. The van der Waals surface area contributed by atoms with E-state index < -0.39 is 23.7 Å². The second-order valence-corrected chi connectivity index (χ2v) is 9.26. The fraction of sp³-hybridized carbons (Fsp3) is 0.0645. The molecule has 3 N–H and O–H groups in total. The van der Waals surface area contributed by atoms with Crippen LogP contribution in [0, 0.1) is 6.92 Å². The molecule has 0 saturated heterocycles. The summed E-state index contributed by atoms with van der Waals surface area (Å²) in [6, 6.07) is 24.4. The van der Waals surface area contributed by atoms with Gasteiger partial charge in [-0.05, 0) is 79.2 Å². The summed E-state index contributed by atoms with van der Waals surface area (Å²) in [5, 5.41) is 9.49. The Morgan fingerprint density at radius 1 is 0.810 bits per heavy atom. The number of carbonyl (C=O) groups is 4. The highest BCUT2D eigenvalue weighted by Gasteiger charge is 2.18. The molecular weight excluding hydrogens is 560 g/mol. The first-order chi connectivity index (χ1) is 20.2. The van der Waals surface area contributed by atoms with E-state index in [1.54, 1.807) is 42.5 Å². The van der Waals surface area contributed by atoms with Crippen molar-refractivity contribution in [1.82, 2.24) is 5.43 Å². The Morgan fingerprint density at radius 3 is 2.24 bits per heavy atom. The summed E-state index contributed by atoms with van der Waals surface area (Å²) in [7, 11) is 1.40. The molecule has 4 rings (SSSR count). The van der Waals surface area contributed by atoms with Crippen LogP contribution in [-0.2, 0) is 9.59 Å². The first-order valence-electron chi connectivity index (χ1n) is 12.5. The highest BCUT2D eigenvalue weighted by atomic mass is 35.5. The molecule has 0 aliphatic carbocycles. The van der Waals surface area contributed by atoms with Crippen LogP contribution in [0.1, 0.15) is 31.8 Å². The van der Waals surface area contributed by atoms with Crippen molar-refractivity contribution in [1.29, 1.82) is 0 Å². The summed E-state index contributed by atoms with van der Waals surface area (Å²) in [5.74, 6) is -2.72. The monoisotopic (exact) mass is 584 g/mol. The van der Waals surface area contributed by atoms with Crippen LogP contribution in [-0.4, -0.2) is 37.0 Å². The number of anilines is 2. The normalized spacial score (nSPS) is 10.5. The highest BCUT2D eigenvalue weighted by molar-refractivity contribution is 6.40. The Morgan fingerprint density at radius 2 is 1.52 bits per heavy atom. The number of carbonyl (C=O) groups excluding carboxylic acids is 4. The predicted molar refractivity (Wildman–Crippen MR) is 159 cm³/mol. The van der Waals surface area contributed by atoms with Crippen molar-refractivity contribution in [3.8, 4) is 11.5 Å². The number of hydrazone groups is 1. The third kappa shape index (κ3) is 7.80. The van der Waals surface area contributed by atoms with Gasteiger partial charge in [0.15, 0.2) is 11.5 Å². The zero-order valence-electron chi connectivity index (χ0n) is 22.5. The van der Waals surface area contributed by atoms with Gasteiger partial charge in [0.2, 0.25) is 0 Å². The minimum Gasteiger partial charge on any atom is -0.493 e. The summed E-state index contributed by atoms with van der Waals surface area (Å²) in [4.78, 5) is 50.1. The molecule has 0 saturated carbocycles. The number of para-hydroxylation sites is 1. The lowest BCUT2D eigenvalue weighted by Crippen LogP contribution is -2.33. The number of hydrogen-bond acceptors (Lipinski definition) is 7. The molecule has 10 nitrogen and oxygen atoms in total. The molecule has 4 aromatic carbocycles. The van der Waals surface area contributed by atoms with Crippen LogP contribution in [0.3, 0.4) is 0 Å². The standard InChI is InChI=1S/C31H25ClN4O6/c1-19-7-14-23(15-8-19)34-28(37)24-5-3-4-6-25(24)35-29(38)30(39)36-33-18-20-9-16-26(27(17-20)41-2)42-31(40)21-10-12-22(32)13-11-21/h3-18H,1-2H3,(H,34,37)(H,35,38)(H,36,39). The van der Waals surface area contributed by atoms with Gasteiger partial charge in [-0.3, -0.25) is 14.4 Å². The molecule has 0 heterocycles. The number of halogens is 1. The summed E-state index contributed by atoms with van der Waals surface area (Å²) < 4.78 is 10.7. The highest BCUT2D eigenvalue weighted by Crippen LogP contribution is 2.28. The van der Waals surface area contributed by atoms with E-state index in [1.165, 1.54) is 49.7 Å². The molecule has 0 radical (unpaired) electrons. The maximum atomic E-state index is 12.8. The fourth-order valence-electron chi connectivity index (χ4n) is 3.61. The molecule has 42 heavy (non-hydrogen) atoms. The molecule has 0 aromatic heterocycles. The van der Waals surface area contributed by atoms with Crippen molar-refractivity contribution in [2.45, 2.75) is 6.92 Å². The van der Waals surface area contributed by atoms with Crippen LogP contribution >= 0.6 is 11.6 Å². The second-order valence-electron chi connectivity index (χ2n) is 8.83. The molecule has 0 fully saturated rings. The van der Waals surface area contributed by atoms with E-state index in [9.17, 15) is 19.2 Å². The molecule has 0 spiro atoms. The average molecular weight is 585 g/mol. The summed E-state index contributed by atoms with van der Waals surface area (Å²) in [5.41, 5.74) is 4.88. The fourth-order valence-corrected chi connectivity index (χ4v) is 3.74. The topological polar surface area (TPSA) is 135 Å². The number of aryl methyl sites for hydroxylation is 1. The molecule has 0 atom stereocenters. The molecule has 212 valence electrons. The number of hydrogen-bond donors (Lipinski definition) is 3. The van der Waals surface area contributed by atoms with Crippen LogP contribution in [0.5, 0.6) is 11.5 Å². The summed E-state index contributed by atoms with van der Waals surface area (Å²) in [6.45, 7) is 1.93. The van der Waals surface area contributed by atoms with Crippen LogP contribution in [0.2, 0.25) is 5.02 Å². The van der Waals surface area contributed by atoms with Gasteiger partial charge in [0.05, 0.1) is 30.1 Å². The Kier molecular flexibility index (Phi) is 9.65. The first-order valence-corrected chi connectivity index (χ1v) is 12.9. The Labute approximate surface area is 246 Å². The number of benzene rings is 4. The maximum Gasteiger partial charge on any atom is 0.343 e. The maximum absolute atomic E-state index is 12.8. The van der Waals surface area contributed by atoms with E-state index in [2.05, 4.69) is 21.2 Å². The number of rotatable bonds is 8. The Bertz CT molecular complexity index is 1650. The SMILES string of the molecule is COc1cc(C=NNC(=O)C(=O)Nc2ccccc2C(=O)Nc2ccc(C)cc2)ccc1OC(=O)c1ccc(Cl)cc1. The van der Waals surface area contributed by atoms with Gasteiger partial charge in [-0.1, -0.05) is 41.4 Å². The van der Waals surface area contributed by atoms with Crippen molar-refractivity contribution >= 4 is 52.9 Å². The van der Waals surface area contributed by atoms with Gasteiger partial charge in [-0.25, -0.2) is 10.2 Å². The van der Waals surface area contributed by atoms with Crippen molar-refractivity contribution in [3.05, 3.63) is 118 Å². The lowest BCUT2D eigenvalue weighted by atomic mass is 10.1. The smallest absolute Gasteiger partial charge is 0.343 e. The molecule has 4 aromatic rings. The van der Waals surface area contributed by atoms with E-state index in [4.69, 9.17) is 21.1 Å². The number of nitrogens with zero attached hydrogens (tertiary/aromatic N) is 1. The average Bonchev–Trinajstić information content (AvgIpc) is 2.99. The van der Waals surface area contributed by atoms with Gasteiger partial charge in [-0.2, -0.15) is 5.10 Å². The van der Waals surface area contributed by atoms with Crippen LogP contribution < -0.4 is 25.5 Å². The van der Waals surface area contributed by atoms with Crippen molar-refractivity contribution in [2.75, 3.05) is 17.7 Å². The van der Waals surface area contributed by atoms with Crippen LogP contribution in [0.15, 0.2) is 96.1 Å². The number of ether oxygens (including phenoxy) is 2. The van der Waals surface area contributed by atoms with Crippen LogP contribution in [0.4, 0.5) is 11.4 Å². The molecule has 3 amide bonds. The minimum atomic E-state index is -1.06. The predicted octanol–water partition coefficient (Wildman–Crippen LogP) is 5.22. The van der Waals surface area contributed by atoms with Crippen molar-refractivity contribution in [3.63, 3.8) is 0 Å². The van der Waals surface area contributed by atoms with Crippen LogP contribution in [0.25, 0.3) is 0 Å². The summed E-state index contributed by atoms with van der Waals surface area (Å²) in [6.07, 6.45) is 1.28.